The zero-order valence-corrected chi connectivity index (χ0v) is 10.1. The highest BCUT2D eigenvalue weighted by Gasteiger charge is 2.16. The van der Waals surface area contributed by atoms with Crippen molar-refractivity contribution < 1.29 is 5.11 Å². The van der Waals surface area contributed by atoms with Crippen molar-refractivity contribution in [1.82, 2.24) is 4.57 Å². The Hall–Kier alpha value is -1.84. The molecule has 0 aliphatic heterocycles. The van der Waals surface area contributed by atoms with Gasteiger partial charge in [0.25, 0.3) is 0 Å². The summed E-state index contributed by atoms with van der Waals surface area (Å²) in [6.07, 6.45) is 2.00. The Labute approximate surface area is 99.8 Å². The molecule has 1 aromatic carbocycles. The fourth-order valence-corrected chi connectivity index (χ4v) is 2.07. The molecule has 0 amide bonds. The van der Waals surface area contributed by atoms with Gasteiger partial charge in [-0.25, -0.2) is 0 Å². The predicted molar refractivity (Wildman–Crippen MR) is 68.7 cm³/mol. The minimum atomic E-state index is -0.0194. The summed E-state index contributed by atoms with van der Waals surface area (Å²) in [7, 11) is 0. The zero-order chi connectivity index (χ0) is 12.4. The molecule has 1 aromatic heterocycles. The fraction of sp³-hybridized carbons (Fsp3) is 0.385. The molecule has 2 rings (SSSR count). The lowest BCUT2D eigenvalue weighted by atomic mass is 10.1. The van der Waals surface area contributed by atoms with Gasteiger partial charge in [-0.1, -0.05) is 25.0 Å². The molecule has 0 radical (unpaired) electrons. The van der Waals surface area contributed by atoms with Gasteiger partial charge in [0.1, 0.15) is 0 Å². The van der Waals surface area contributed by atoms with E-state index in [1.807, 2.05) is 25.1 Å². The molecule has 0 aliphatic rings. The number of aromatic nitrogens is 1. The van der Waals surface area contributed by atoms with E-state index in [1.165, 1.54) is 0 Å². The van der Waals surface area contributed by atoms with Crippen LogP contribution in [0.1, 0.15) is 25.3 Å². The maximum Gasteiger partial charge on any atom is 0.222 e. The molecule has 0 fully saturated rings. The Bertz CT molecular complexity index is 558. The number of benzene rings is 1. The molecule has 1 N–H and O–H groups in total. The van der Waals surface area contributed by atoms with Gasteiger partial charge in [0.05, 0.1) is 5.52 Å². The van der Waals surface area contributed by atoms with Gasteiger partial charge < -0.3 is 9.67 Å². The van der Waals surface area contributed by atoms with Crippen molar-refractivity contribution in [1.29, 1.82) is 0 Å². The lowest BCUT2D eigenvalue weighted by Gasteiger charge is -2.05. The summed E-state index contributed by atoms with van der Waals surface area (Å²) in [5, 5.41) is 13.7. The molecule has 0 saturated heterocycles. The van der Waals surface area contributed by atoms with E-state index in [1.54, 1.807) is 4.57 Å². The molecule has 1 heterocycles. The van der Waals surface area contributed by atoms with Crippen LogP contribution in [0.25, 0.3) is 10.9 Å². The van der Waals surface area contributed by atoms with Crippen molar-refractivity contribution in [2.24, 2.45) is 5.18 Å². The summed E-state index contributed by atoms with van der Waals surface area (Å²) in [6.45, 7) is 4.75. The highest BCUT2D eigenvalue weighted by atomic mass is 16.3. The average molecular weight is 232 g/mol. The standard InChI is InChI=1S/C13H16N2O2/c1-3-4-7-15-11-6-5-9(2)8-10(11)12(14-17)13(15)16/h5-6,8,16H,3-4,7H2,1-2H3. The van der Waals surface area contributed by atoms with Crippen molar-refractivity contribution in [3.8, 4) is 5.88 Å². The number of aryl methyl sites for hydroxylation is 2. The van der Waals surface area contributed by atoms with Crippen LogP contribution in [-0.4, -0.2) is 9.67 Å². The van der Waals surface area contributed by atoms with Crippen molar-refractivity contribution >= 4 is 16.6 Å². The second-order valence-corrected chi connectivity index (χ2v) is 4.29. The smallest absolute Gasteiger partial charge is 0.222 e. The molecule has 0 unspecified atom stereocenters. The normalized spacial score (nSPS) is 10.9. The highest BCUT2D eigenvalue weighted by Crippen LogP contribution is 2.38. The third-order valence-electron chi connectivity index (χ3n) is 2.99. The van der Waals surface area contributed by atoms with Gasteiger partial charge in [0.15, 0.2) is 5.69 Å². The third-order valence-corrected chi connectivity index (χ3v) is 2.99. The number of hydrogen-bond donors (Lipinski definition) is 1. The van der Waals surface area contributed by atoms with Crippen LogP contribution >= 0.6 is 0 Å². The minimum Gasteiger partial charge on any atom is -0.493 e. The number of rotatable bonds is 4. The summed E-state index contributed by atoms with van der Waals surface area (Å²) >= 11 is 0. The van der Waals surface area contributed by atoms with Crippen LogP contribution in [0, 0.1) is 11.8 Å². The number of hydrogen-bond acceptors (Lipinski definition) is 3. The van der Waals surface area contributed by atoms with Crippen LogP contribution in [0.4, 0.5) is 5.69 Å². The molecule has 17 heavy (non-hydrogen) atoms. The lowest BCUT2D eigenvalue weighted by Crippen LogP contribution is -1.96. The summed E-state index contributed by atoms with van der Waals surface area (Å²) in [6, 6.07) is 5.78. The predicted octanol–water partition coefficient (Wildman–Crippen LogP) is 3.85. The number of fused-ring (bicyclic) bond motifs is 1. The Morgan fingerprint density at radius 2 is 2.18 bits per heavy atom. The minimum absolute atomic E-state index is 0.0194. The van der Waals surface area contributed by atoms with E-state index < -0.39 is 0 Å². The van der Waals surface area contributed by atoms with Gasteiger partial charge in [-0.05, 0) is 30.7 Å². The van der Waals surface area contributed by atoms with Crippen molar-refractivity contribution in [2.45, 2.75) is 33.2 Å². The van der Waals surface area contributed by atoms with E-state index in [2.05, 4.69) is 12.1 Å². The second-order valence-electron chi connectivity index (χ2n) is 4.29. The molecule has 90 valence electrons. The average Bonchev–Trinajstić information content (AvgIpc) is 2.57. The molecule has 0 bridgehead atoms. The largest absolute Gasteiger partial charge is 0.493 e. The van der Waals surface area contributed by atoms with Crippen LogP contribution in [0.5, 0.6) is 5.88 Å². The molecule has 0 aliphatic carbocycles. The van der Waals surface area contributed by atoms with E-state index >= 15 is 0 Å². The first kappa shape index (κ1) is 11.6. The van der Waals surface area contributed by atoms with Gasteiger partial charge in [-0.15, -0.1) is 4.91 Å². The topological polar surface area (TPSA) is 54.6 Å². The second kappa shape index (κ2) is 4.57. The van der Waals surface area contributed by atoms with E-state index in [0.717, 1.165) is 29.3 Å². The summed E-state index contributed by atoms with van der Waals surface area (Å²) in [5.74, 6) is -0.0194. The summed E-state index contributed by atoms with van der Waals surface area (Å²) in [5.41, 5.74) is 2.07. The van der Waals surface area contributed by atoms with E-state index in [9.17, 15) is 10.0 Å². The molecule has 4 heteroatoms. The third kappa shape index (κ3) is 1.90. The zero-order valence-electron chi connectivity index (χ0n) is 10.1. The van der Waals surface area contributed by atoms with Gasteiger partial charge in [-0.3, -0.25) is 0 Å². The number of nitrogens with zero attached hydrogens (tertiary/aromatic N) is 2. The molecular formula is C13H16N2O2. The van der Waals surface area contributed by atoms with Gasteiger partial charge >= 0.3 is 0 Å². The first-order valence-corrected chi connectivity index (χ1v) is 5.84. The van der Waals surface area contributed by atoms with E-state index in [0.29, 0.717) is 6.54 Å². The SMILES string of the molecule is CCCCn1c(O)c(N=O)c2cc(C)ccc21. The highest BCUT2D eigenvalue weighted by molar-refractivity contribution is 5.95. The molecule has 4 nitrogen and oxygen atoms in total. The van der Waals surface area contributed by atoms with Gasteiger partial charge in [0, 0.05) is 11.9 Å². The molecule has 0 saturated carbocycles. The monoisotopic (exact) mass is 232 g/mol. The van der Waals surface area contributed by atoms with Crippen LogP contribution in [0.15, 0.2) is 23.4 Å². The van der Waals surface area contributed by atoms with E-state index in [4.69, 9.17) is 0 Å². The van der Waals surface area contributed by atoms with Crippen molar-refractivity contribution in [3.05, 3.63) is 28.7 Å². The van der Waals surface area contributed by atoms with Crippen LogP contribution in [-0.2, 0) is 6.54 Å². The quantitative estimate of drug-likeness (QED) is 0.814. The number of aromatic hydroxyl groups is 1. The van der Waals surface area contributed by atoms with Gasteiger partial charge in [-0.2, -0.15) is 0 Å². The number of nitroso groups, excluding NO2 is 1. The summed E-state index contributed by atoms with van der Waals surface area (Å²) in [4.78, 5) is 10.8. The Balaban J connectivity index is 2.66. The van der Waals surface area contributed by atoms with Crippen LogP contribution < -0.4 is 0 Å². The van der Waals surface area contributed by atoms with Crippen LogP contribution in [0.2, 0.25) is 0 Å². The Morgan fingerprint density at radius 3 is 2.82 bits per heavy atom. The summed E-state index contributed by atoms with van der Waals surface area (Å²) < 4.78 is 1.76. The van der Waals surface area contributed by atoms with Crippen molar-refractivity contribution in [3.63, 3.8) is 0 Å². The maximum atomic E-state index is 10.8. The molecule has 2 aromatic rings. The van der Waals surface area contributed by atoms with Crippen molar-refractivity contribution in [2.75, 3.05) is 0 Å². The lowest BCUT2D eigenvalue weighted by molar-refractivity contribution is 0.418. The van der Waals surface area contributed by atoms with E-state index in [-0.39, 0.29) is 11.6 Å². The van der Waals surface area contributed by atoms with Gasteiger partial charge in [0.2, 0.25) is 5.88 Å². The molecule has 0 atom stereocenters. The first-order valence-electron chi connectivity index (χ1n) is 5.84. The Morgan fingerprint density at radius 1 is 1.41 bits per heavy atom. The molecular weight excluding hydrogens is 216 g/mol. The Kier molecular flexibility index (Phi) is 3.13. The van der Waals surface area contributed by atoms with Crippen LogP contribution in [0.3, 0.4) is 0 Å². The first-order chi connectivity index (χ1) is 8.19. The maximum absolute atomic E-state index is 10.8. The number of unbranched alkanes of at least 4 members (excludes halogenated alkanes) is 1. The fourth-order valence-electron chi connectivity index (χ4n) is 2.07. The molecule has 0 spiro atoms.